The SMILES string of the molecule is O=C(CCN1CCN(C(=O)c2ccoc2)CC1)Nc1cccc2ccccc12. The second kappa shape index (κ2) is 8.27. The molecule has 1 N–H and O–H groups in total. The average Bonchev–Trinajstić information content (AvgIpc) is 3.27. The fourth-order valence-corrected chi connectivity index (χ4v) is 3.55. The molecule has 1 fully saturated rings. The number of carbonyl (C=O) groups is 2. The number of hydrogen-bond donors (Lipinski definition) is 1. The molecule has 2 amide bonds. The van der Waals surface area contributed by atoms with Gasteiger partial charge in [0.15, 0.2) is 0 Å². The minimum absolute atomic E-state index is 0.00194. The van der Waals surface area contributed by atoms with E-state index in [4.69, 9.17) is 4.42 Å². The van der Waals surface area contributed by atoms with Crippen molar-refractivity contribution in [1.29, 1.82) is 0 Å². The number of nitrogens with one attached hydrogen (secondary N) is 1. The van der Waals surface area contributed by atoms with Crippen LogP contribution in [0.3, 0.4) is 0 Å². The third kappa shape index (κ3) is 4.07. The Hall–Kier alpha value is -3.12. The summed E-state index contributed by atoms with van der Waals surface area (Å²) in [6, 6.07) is 15.6. The third-order valence-electron chi connectivity index (χ3n) is 5.15. The minimum Gasteiger partial charge on any atom is -0.472 e. The Kier molecular flexibility index (Phi) is 5.39. The van der Waals surface area contributed by atoms with E-state index in [9.17, 15) is 9.59 Å². The average molecular weight is 377 g/mol. The van der Waals surface area contributed by atoms with Gasteiger partial charge in [-0.05, 0) is 17.5 Å². The number of fused-ring (bicyclic) bond motifs is 1. The molecule has 0 saturated carbocycles. The predicted molar refractivity (Wildman–Crippen MR) is 108 cm³/mol. The summed E-state index contributed by atoms with van der Waals surface area (Å²) in [6.07, 6.45) is 3.42. The van der Waals surface area contributed by atoms with Crippen molar-refractivity contribution in [3.63, 3.8) is 0 Å². The smallest absolute Gasteiger partial charge is 0.257 e. The van der Waals surface area contributed by atoms with Crippen LogP contribution in [0.5, 0.6) is 0 Å². The van der Waals surface area contributed by atoms with Crippen LogP contribution >= 0.6 is 0 Å². The first kappa shape index (κ1) is 18.3. The van der Waals surface area contributed by atoms with E-state index in [-0.39, 0.29) is 11.8 Å². The molecule has 0 aliphatic carbocycles. The molecule has 0 atom stereocenters. The number of amides is 2. The van der Waals surface area contributed by atoms with Gasteiger partial charge in [-0.3, -0.25) is 14.5 Å². The highest BCUT2D eigenvalue weighted by atomic mass is 16.3. The number of piperazine rings is 1. The van der Waals surface area contributed by atoms with E-state index in [1.54, 1.807) is 6.07 Å². The van der Waals surface area contributed by atoms with Gasteiger partial charge in [-0.2, -0.15) is 0 Å². The molecule has 0 radical (unpaired) electrons. The molecule has 28 heavy (non-hydrogen) atoms. The van der Waals surface area contributed by atoms with Gasteiger partial charge >= 0.3 is 0 Å². The topological polar surface area (TPSA) is 65.8 Å². The molecule has 2 heterocycles. The van der Waals surface area contributed by atoms with Crippen molar-refractivity contribution in [3.8, 4) is 0 Å². The van der Waals surface area contributed by atoms with Crippen molar-refractivity contribution >= 4 is 28.3 Å². The van der Waals surface area contributed by atoms with E-state index >= 15 is 0 Å². The maximum atomic E-state index is 12.4. The largest absolute Gasteiger partial charge is 0.472 e. The number of nitrogens with zero attached hydrogens (tertiary/aromatic N) is 2. The van der Waals surface area contributed by atoms with Gasteiger partial charge < -0.3 is 14.6 Å². The van der Waals surface area contributed by atoms with Gasteiger partial charge in [0.25, 0.3) is 5.91 Å². The number of carbonyl (C=O) groups excluding carboxylic acids is 2. The summed E-state index contributed by atoms with van der Waals surface area (Å²) in [5.74, 6) is 0.00959. The fourth-order valence-electron chi connectivity index (χ4n) is 3.55. The van der Waals surface area contributed by atoms with Crippen LogP contribution < -0.4 is 5.32 Å². The molecule has 144 valence electrons. The number of hydrogen-bond acceptors (Lipinski definition) is 4. The monoisotopic (exact) mass is 377 g/mol. The molecule has 0 spiro atoms. The van der Waals surface area contributed by atoms with Crippen molar-refractivity contribution in [3.05, 3.63) is 66.6 Å². The zero-order valence-corrected chi connectivity index (χ0v) is 15.6. The second-order valence-electron chi connectivity index (χ2n) is 6.97. The summed E-state index contributed by atoms with van der Waals surface area (Å²) in [5.41, 5.74) is 1.43. The van der Waals surface area contributed by atoms with Gasteiger partial charge in [0.2, 0.25) is 5.91 Å². The number of rotatable bonds is 5. The van der Waals surface area contributed by atoms with Crippen LogP contribution in [0.1, 0.15) is 16.8 Å². The van der Waals surface area contributed by atoms with E-state index < -0.39 is 0 Å². The predicted octanol–water partition coefficient (Wildman–Crippen LogP) is 3.22. The van der Waals surface area contributed by atoms with Crippen molar-refractivity contribution < 1.29 is 14.0 Å². The minimum atomic E-state index is 0.00194. The Bertz CT molecular complexity index is 955. The molecule has 1 aliphatic heterocycles. The van der Waals surface area contributed by atoms with E-state index in [1.165, 1.54) is 12.5 Å². The molecule has 0 bridgehead atoms. The van der Waals surface area contributed by atoms with Crippen LogP contribution in [-0.4, -0.2) is 54.3 Å². The van der Waals surface area contributed by atoms with Crippen molar-refractivity contribution in [2.45, 2.75) is 6.42 Å². The molecule has 1 saturated heterocycles. The highest BCUT2D eigenvalue weighted by Crippen LogP contribution is 2.23. The molecule has 0 unspecified atom stereocenters. The Balaban J connectivity index is 1.26. The summed E-state index contributed by atoms with van der Waals surface area (Å²) in [5, 5.41) is 5.19. The van der Waals surface area contributed by atoms with Gasteiger partial charge in [0.05, 0.1) is 11.8 Å². The Morgan fingerprint density at radius 2 is 1.75 bits per heavy atom. The normalized spacial score (nSPS) is 14.9. The zero-order chi connectivity index (χ0) is 19.3. The van der Waals surface area contributed by atoms with Crippen LogP contribution in [0.25, 0.3) is 10.8 Å². The lowest BCUT2D eigenvalue weighted by Gasteiger charge is -2.34. The number of anilines is 1. The molecule has 1 aliphatic rings. The van der Waals surface area contributed by atoms with Crippen molar-refractivity contribution in [2.75, 3.05) is 38.0 Å². The molecule has 3 aromatic rings. The highest BCUT2D eigenvalue weighted by Gasteiger charge is 2.22. The van der Waals surface area contributed by atoms with Crippen LogP contribution in [0.2, 0.25) is 0 Å². The first-order valence-corrected chi connectivity index (χ1v) is 9.52. The van der Waals surface area contributed by atoms with Crippen LogP contribution in [-0.2, 0) is 4.79 Å². The van der Waals surface area contributed by atoms with Crippen molar-refractivity contribution in [1.82, 2.24) is 9.80 Å². The number of benzene rings is 2. The van der Waals surface area contributed by atoms with Gasteiger partial charge in [-0.25, -0.2) is 0 Å². The fraction of sp³-hybridized carbons (Fsp3) is 0.273. The van der Waals surface area contributed by atoms with E-state index in [2.05, 4.69) is 10.2 Å². The van der Waals surface area contributed by atoms with Gasteiger partial charge in [0.1, 0.15) is 6.26 Å². The first-order valence-electron chi connectivity index (χ1n) is 9.52. The lowest BCUT2D eigenvalue weighted by molar-refractivity contribution is -0.116. The van der Waals surface area contributed by atoms with Gasteiger partial charge in [-0.15, -0.1) is 0 Å². The first-order chi connectivity index (χ1) is 13.7. The molecule has 2 aromatic carbocycles. The van der Waals surface area contributed by atoms with Crippen LogP contribution in [0.4, 0.5) is 5.69 Å². The molecule has 1 aromatic heterocycles. The van der Waals surface area contributed by atoms with E-state index in [0.717, 1.165) is 29.5 Å². The van der Waals surface area contributed by atoms with E-state index in [0.29, 0.717) is 31.6 Å². The van der Waals surface area contributed by atoms with E-state index in [1.807, 2.05) is 47.4 Å². The highest BCUT2D eigenvalue weighted by molar-refractivity contribution is 6.02. The molecule has 6 heteroatoms. The van der Waals surface area contributed by atoms with Crippen molar-refractivity contribution in [2.24, 2.45) is 0 Å². The van der Waals surface area contributed by atoms with Crippen LogP contribution in [0.15, 0.2) is 65.5 Å². The lowest BCUT2D eigenvalue weighted by Crippen LogP contribution is -2.49. The standard InChI is InChI=1S/C22H23N3O3/c26-21(23-20-7-3-5-17-4-1-2-6-19(17)20)8-10-24-11-13-25(14-12-24)22(27)18-9-15-28-16-18/h1-7,9,15-16H,8,10-14H2,(H,23,26). The Morgan fingerprint density at radius 3 is 2.54 bits per heavy atom. The number of furan rings is 1. The summed E-state index contributed by atoms with van der Waals surface area (Å²) >= 11 is 0. The van der Waals surface area contributed by atoms with Gasteiger partial charge in [-0.1, -0.05) is 36.4 Å². The lowest BCUT2D eigenvalue weighted by atomic mass is 10.1. The summed E-state index contributed by atoms with van der Waals surface area (Å²) in [7, 11) is 0. The quantitative estimate of drug-likeness (QED) is 0.741. The molecular weight excluding hydrogens is 354 g/mol. The zero-order valence-electron chi connectivity index (χ0n) is 15.6. The maximum Gasteiger partial charge on any atom is 0.257 e. The summed E-state index contributed by atoms with van der Waals surface area (Å²) in [4.78, 5) is 28.8. The second-order valence-corrected chi connectivity index (χ2v) is 6.97. The molecule has 6 nitrogen and oxygen atoms in total. The summed E-state index contributed by atoms with van der Waals surface area (Å²) in [6.45, 7) is 3.55. The summed E-state index contributed by atoms with van der Waals surface area (Å²) < 4.78 is 4.99. The van der Waals surface area contributed by atoms with Crippen LogP contribution in [0, 0.1) is 0 Å². The third-order valence-corrected chi connectivity index (χ3v) is 5.15. The molecule has 4 rings (SSSR count). The Labute approximate surface area is 163 Å². The maximum absolute atomic E-state index is 12.4. The van der Waals surface area contributed by atoms with Gasteiger partial charge in [0, 0.05) is 50.2 Å². The molecular formula is C22H23N3O3. The Morgan fingerprint density at radius 1 is 0.964 bits per heavy atom.